The monoisotopic (exact) mass is 341 g/mol. The summed E-state index contributed by atoms with van der Waals surface area (Å²) < 4.78 is 0.818. The molecule has 1 fully saturated rings. The first-order chi connectivity index (χ1) is 9.08. The van der Waals surface area contributed by atoms with Gasteiger partial charge in [-0.15, -0.1) is 12.6 Å². The van der Waals surface area contributed by atoms with E-state index in [9.17, 15) is 4.79 Å². The molecule has 1 aliphatic rings. The van der Waals surface area contributed by atoms with Crippen molar-refractivity contribution in [2.75, 3.05) is 0 Å². The van der Waals surface area contributed by atoms with Crippen molar-refractivity contribution in [3.63, 3.8) is 0 Å². The molecule has 1 saturated carbocycles. The van der Waals surface area contributed by atoms with Crippen molar-refractivity contribution >= 4 is 34.5 Å². The van der Waals surface area contributed by atoms with E-state index in [1.807, 2.05) is 12.1 Å². The highest BCUT2D eigenvalue weighted by Crippen LogP contribution is 2.27. The third kappa shape index (κ3) is 3.99. The van der Waals surface area contributed by atoms with Gasteiger partial charge >= 0.3 is 0 Å². The zero-order chi connectivity index (χ0) is 13.8. The lowest BCUT2D eigenvalue weighted by Gasteiger charge is -2.28. The van der Waals surface area contributed by atoms with Crippen molar-refractivity contribution < 1.29 is 4.79 Å². The molecule has 0 heterocycles. The van der Waals surface area contributed by atoms with E-state index < -0.39 is 0 Å². The van der Waals surface area contributed by atoms with Crippen LogP contribution < -0.4 is 5.32 Å². The van der Waals surface area contributed by atoms with E-state index in [-0.39, 0.29) is 11.9 Å². The smallest absolute Gasteiger partial charge is 0.252 e. The summed E-state index contributed by atoms with van der Waals surface area (Å²) in [6, 6.07) is 5.77. The molecule has 1 aromatic carbocycles. The Morgan fingerprint density at radius 2 is 2.05 bits per heavy atom. The normalized spacial score (nSPS) is 18.1. The second-order valence-electron chi connectivity index (χ2n) is 5.32. The average Bonchev–Trinajstić information content (AvgIpc) is 2.42. The summed E-state index contributed by atoms with van der Waals surface area (Å²) in [6.07, 6.45) is 6.39. The lowest BCUT2D eigenvalue weighted by molar-refractivity contribution is 0.0918. The summed E-state index contributed by atoms with van der Waals surface area (Å²) in [7, 11) is 0. The van der Waals surface area contributed by atoms with E-state index in [1.54, 1.807) is 6.07 Å². The molecule has 1 N–H and O–H groups in total. The quantitative estimate of drug-likeness (QED) is 0.782. The Kier molecular flexibility index (Phi) is 5.34. The first kappa shape index (κ1) is 14.9. The molecular weight excluding hydrogens is 322 g/mol. The van der Waals surface area contributed by atoms with Gasteiger partial charge in [-0.25, -0.2) is 0 Å². The van der Waals surface area contributed by atoms with Gasteiger partial charge in [-0.3, -0.25) is 4.79 Å². The van der Waals surface area contributed by atoms with Crippen molar-refractivity contribution in [1.29, 1.82) is 0 Å². The number of rotatable bonds is 3. The molecule has 0 aliphatic heterocycles. The molecule has 1 amide bonds. The van der Waals surface area contributed by atoms with E-state index in [2.05, 4.69) is 40.8 Å². The summed E-state index contributed by atoms with van der Waals surface area (Å²) in [5.41, 5.74) is 0.662. The highest BCUT2D eigenvalue weighted by atomic mass is 79.9. The number of hydrogen-bond donors (Lipinski definition) is 2. The molecule has 0 spiro atoms. The Labute approximate surface area is 128 Å². The molecule has 4 heteroatoms. The fraction of sp³-hybridized carbons (Fsp3) is 0.533. The highest BCUT2D eigenvalue weighted by molar-refractivity contribution is 9.10. The van der Waals surface area contributed by atoms with Crippen molar-refractivity contribution in [1.82, 2.24) is 5.32 Å². The van der Waals surface area contributed by atoms with E-state index in [0.29, 0.717) is 11.5 Å². The van der Waals surface area contributed by atoms with E-state index >= 15 is 0 Å². The third-order valence-electron chi connectivity index (χ3n) is 3.91. The molecule has 1 unspecified atom stereocenters. The maximum absolute atomic E-state index is 12.3. The molecule has 0 bridgehead atoms. The number of hydrogen-bond acceptors (Lipinski definition) is 2. The number of carbonyl (C=O) groups excluding carboxylic acids is 1. The highest BCUT2D eigenvalue weighted by Gasteiger charge is 2.22. The molecular formula is C15H20BrNOS. The predicted octanol–water partition coefficient (Wildman–Crippen LogP) is 4.44. The average molecular weight is 342 g/mol. The minimum absolute atomic E-state index is 0.0131. The van der Waals surface area contributed by atoms with Gasteiger partial charge < -0.3 is 5.32 Å². The summed E-state index contributed by atoms with van der Waals surface area (Å²) >= 11 is 7.71. The van der Waals surface area contributed by atoms with Gasteiger partial charge in [-0.05, 0) is 59.8 Å². The predicted molar refractivity (Wildman–Crippen MR) is 84.9 cm³/mol. The molecule has 0 aromatic heterocycles. The van der Waals surface area contributed by atoms with Gasteiger partial charge in [0, 0.05) is 15.4 Å². The van der Waals surface area contributed by atoms with Crippen LogP contribution in [-0.4, -0.2) is 11.9 Å². The Morgan fingerprint density at radius 3 is 2.74 bits per heavy atom. The van der Waals surface area contributed by atoms with Gasteiger partial charge in [-0.1, -0.05) is 19.3 Å². The zero-order valence-electron chi connectivity index (χ0n) is 11.2. The van der Waals surface area contributed by atoms with Gasteiger partial charge in [-0.2, -0.15) is 0 Å². The van der Waals surface area contributed by atoms with E-state index in [4.69, 9.17) is 0 Å². The van der Waals surface area contributed by atoms with Crippen molar-refractivity contribution in [2.45, 2.75) is 50.0 Å². The zero-order valence-corrected chi connectivity index (χ0v) is 13.6. The summed E-state index contributed by atoms with van der Waals surface area (Å²) in [4.78, 5) is 13.1. The molecule has 104 valence electrons. The summed E-state index contributed by atoms with van der Waals surface area (Å²) in [5.74, 6) is 0.608. The lowest BCUT2D eigenvalue weighted by atomic mass is 9.84. The molecule has 1 aromatic rings. The Bertz CT molecular complexity index is 457. The minimum atomic E-state index is -0.0131. The van der Waals surface area contributed by atoms with Crippen LogP contribution in [0.4, 0.5) is 0 Å². The van der Waals surface area contributed by atoms with E-state index in [1.165, 1.54) is 32.1 Å². The molecule has 1 aliphatic carbocycles. The number of benzene rings is 1. The largest absolute Gasteiger partial charge is 0.349 e. The number of nitrogens with one attached hydrogen (secondary N) is 1. The van der Waals surface area contributed by atoms with Crippen LogP contribution in [0.2, 0.25) is 0 Å². The van der Waals surface area contributed by atoms with Gasteiger partial charge in [0.05, 0.1) is 5.56 Å². The van der Waals surface area contributed by atoms with E-state index in [0.717, 1.165) is 9.37 Å². The van der Waals surface area contributed by atoms with Crippen LogP contribution in [-0.2, 0) is 0 Å². The Morgan fingerprint density at radius 1 is 1.37 bits per heavy atom. The van der Waals surface area contributed by atoms with Gasteiger partial charge in [0.15, 0.2) is 0 Å². The molecule has 1 atom stereocenters. The number of halogens is 1. The third-order valence-corrected chi connectivity index (χ3v) is 4.88. The molecule has 0 radical (unpaired) electrons. The van der Waals surface area contributed by atoms with Crippen LogP contribution in [0.3, 0.4) is 0 Å². The summed E-state index contributed by atoms with van der Waals surface area (Å²) in [5, 5.41) is 3.13. The van der Waals surface area contributed by atoms with Crippen LogP contribution in [0.5, 0.6) is 0 Å². The Balaban J connectivity index is 2.01. The van der Waals surface area contributed by atoms with Crippen LogP contribution in [0, 0.1) is 5.92 Å². The first-order valence-corrected chi connectivity index (χ1v) is 8.11. The van der Waals surface area contributed by atoms with Gasteiger partial charge in [0.25, 0.3) is 5.91 Å². The SMILES string of the molecule is CC(NC(=O)c1cc(S)ccc1Br)C1CCCCC1. The van der Waals surface area contributed by atoms with Crippen molar-refractivity contribution in [3.05, 3.63) is 28.2 Å². The first-order valence-electron chi connectivity index (χ1n) is 6.87. The topological polar surface area (TPSA) is 29.1 Å². The van der Waals surface area contributed by atoms with Gasteiger partial charge in [0.1, 0.15) is 0 Å². The van der Waals surface area contributed by atoms with Crippen molar-refractivity contribution in [2.24, 2.45) is 5.92 Å². The standard InChI is InChI=1S/C15H20BrNOS/c1-10(11-5-3-2-4-6-11)17-15(18)13-9-12(19)7-8-14(13)16/h7-11,19H,2-6H2,1H3,(H,17,18). The maximum atomic E-state index is 12.3. The molecule has 2 nitrogen and oxygen atoms in total. The molecule has 2 rings (SSSR count). The molecule has 0 saturated heterocycles. The minimum Gasteiger partial charge on any atom is -0.349 e. The lowest BCUT2D eigenvalue weighted by Crippen LogP contribution is -2.39. The van der Waals surface area contributed by atoms with Crippen molar-refractivity contribution in [3.8, 4) is 0 Å². The van der Waals surface area contributed by atoms with Crippen LogP contribution in [0.15, 0.2) is 27.6 Å². The fourth-order valence-electron chi connectivity index (χ4n) is 2.72. The number of amides is 1. The summed E-state index contributed by atoms with van der Waals surface area (Å²) in [6.45, 7) is 2.12. The maximum Gasteiger partial charge on any atom is 0.252 e. The van der Waals surface area contributed by atoms with Crippen LogP contribution in [0.25, 0.3) is 0 Å². The Hall–Kier alpha value is -0.480. The second kappa shape index (κ2) is 6.80. The second-order valence-corrected chi connectivity index (χ2v) is 6.70. The van der Waals surface area contributed by atoms with Crippen LogP contribution in [0.1, 0.15) is 49.4 Å². The number of carbonyl (C=O) groups is 1. The number of thiol groups is 1. The van der Waals surface area contributed by atoms with Gasteiger partial charge in [0.2, 0.25) is 0 Å². The molecule has 19 heavy (non-hydrogen) atoms. The van der Waals surface area contributed by atoms with Crippen LogP contribution >= 0.6 is 28.6 Å². The fourth-order valence-corrected chi connectivity index (χ4v) is 3.35.